The van der Waals surface area contributed by atoms with Crippen LogP contribution in [0.1, 0.15) is 36.3 Å². The quantitative estimate of drug-likeness (QED) is 0.475. The van der Waals surface area contributed by atoms with Crippen LogP contribution >= 0.6 is 39.1 Å². The SMILES string of the molecule is COc1cc([C@H]2C(C#N)=C(N)N(C)C3=C2C(=O)CCC3)cc(Br)c1OCc1ccc(Cl)c(Cl)c1. The van der Waals surface area contributed by atoms with Gasteiger partial charge in [-0.25, -0.2) is 0 Å². The first-order valence-electron chi connectivity index (χ1n) is 10.6. The molecule has 0 saturated carbocycles. The molecule has 0 bridgehead atoms. The number of hydrogen-bond acceptors (Lipinski definition) is 6. The monoisotopic (exact) mass is 561 g/mol. The number of ketones is 1. The number of ether oxygens (including phenoxy) is 2. The summed E-state index contributed by atoms with van der Waals surface area (Å²) in [6.07, 6.45) is 1.94. The molecule has 1 heterocycles. The summed E-state index contributed by atoms with van der Waals surface area (Å²) in [6.45, 7) is 0.240. The molecule has 176 valence electrons. The predicted molar refractivity (Wildman–Crippen MR) is 135 cm³/mol. The van der Waals surface area contributed by atoms with Crippen LogP contribution in [-0.4, -0.2) is 24.8 Å². The summed E-state index contributed by atoms with van der Waals surface area (Å²) in [5.74, 6) is 0.775. The van der Waals surface area contributed by atoms with E-state index in [1.165, 1.54) is 7.11 Å². The van der Waals surface area contributed by atoms with Gasteiger partial charge < -0.3 is 20.1 Å². The zero-order valence-electron chi connectivity index (χ0n) is 18.6. The Kier molecular flexibility index (Phi) is 7.13. The van der Waals surface area contributed by atoms with Crippen LogP contribution in [0.5, 0.6) is 11.5 Å². The molecule has 2 aromatic carbocycles. The smallest absolute Gasteiger partial charge is 0.175 e. The number of Topliss-reactive ketones (excluding diaryl/α,β-unsaturated/α-hetero) is 1. The Balaban J connectivity index is 1.75. The van der Waals surface area contributed by atoms with E-state index in [4.69, 9.17) is 38.4 Å². The van der Waals surface area contributed by atoms with Crippen LogP contribution in [-0.2, 0) is 11.4 Å². The zero-order chi connectivity index (χ0) is 24.6. The van der Waals surface area contributed by atoms with E-state index >= 15 is 0 Å². The summed E-state index contributed by atoms with van der Waals surface area (Å²) >= 11 is 15.7. The van der Waals surface area contributed by atoms with E-state index in [1.807, 2.05) is 12.1 Å². The van der Waals surface area contributed by atoms with Crippen molar-refractivity contribution < 1.29 is 14.3 Å². The summed E-state index contributed by atoms with van der Waals surface area (Å²) in [5, 5.41) is 10.9. The van der Waals surface area contributed by atoms with Gasteiger partial charge in [-0.05, 0) is 64.2 Å². The maximum atomic E-state index is 13.0. The zero-order valence-corrected chi connectivity index (χ0v) is 21.7. The molecule has 0 amide bonds. The average molecular weight is 563 g/mol. The Morgan fingerprint density at radius 1 is 1.24 bits per heavy atom. The number of benzene rings is 2. The molecule has 0 saturated heterocycles. The number of nitriles is 1. The van der Waals surface area contributed by atoms with Crippen LogP contribution in [0.2, 0.25) is 10.0 Å². The summed E-state index contributed by atoms with van der Waals surface area (Å²) < 4.78 is 12.3. The minimum absolute atomic E-state index is 0.0355. The highest BCUT2D eigenvalue weighted by atomic mass is 79.9. The van der Waals surface area contributed by atoms with Gasteiger partial charge in [-0.2, -0.15) is 5.26 Å². The highest BCUT2D eigenvalue weighted by Crippen LogP contribution is 2.47. The molecule has 6 nitrogen and oxygen atoms in total. The number of allylic oxidation sites excluding steroid dienone is 3. The minimum Gasteiger partial charge on any atom is -0.493 e. The second kappa shape index (κ2) is 9.91. The van der Waals surface area contributed by atoms with Crippen LogP contribution in [0.3, 0.4) is 0 Å². The average Bonchev–Trinajstić information content (AvgIpc) is 2.82. The van der Waals surface area contributed by atoms with Crippen molar-refractivity contribution in [2.24, 2.45) is 5.73 Å². The van der Waals surface area contributed by atoms with Crippen LogP contribution in [0, 0.1) is 11.3 Å². The topological polar surface area (TPSA) is 88.6 Å². The Morgan fingerprint density at radius 2 is 2.00 bits per heavy atom. The molecule has 0 aromatic heterocycles. The summed E-state index contributed by atoms with van der Waals surface area (Å²) in [5.41, 5.74) is 9.73. The normalized spacial score (nSPS) is 18.1. The largest absolute Gasteiger partial charge is 0.493 e. The van der Waals surface area contributed by atoms with Gasteiger partial charge in [0.05, 0.1) is 39.2 Å². The fourth-order valence-electron chi connectivity index (χ4n) is 4.43. The first-order chi connectivity index (χ1) is 16.3. The Hall–Kier alpha value is -2.66. The van der Waals surface area contributed by atoms with Gasteiger partial charge in [-0.1, -0.05) is 29.3 Å². The molecule has 0 unspecified atom stereocenters. The van der Waals surface area contributed by atoms with Gasteiger partial charge in [-0.15, -0.1) is 0 Å². The van der Waals surface area contributed by atoms with Crippen LogP contribution < -0.4 is 15.2 Å². The van der Waals surface area contributed by atoms with E-state index in [0.717, 1.165) is 29.7 Å². The number of hydrogen-bond donors (Lipinski definition) is 1. The highest BCUT2D eigenvalue weighted by Gasteiger charge is 2.39. The lowest BCUT2D eigenvalue weighted by Crippen LogP contribution is -2.36. The van der Waals surface area contributed by atoms with Gasteiger partial charge in [0.25, 0.3) is 0 Å². The molecule has 0 spiro atoms. The summed E-state index contributed by atoms with van der Waals surface area (Å²) in [7, 11) is 3.34. The molecular weight excluding hydrogens is 541 g/mol. The second-order valence-electron chi connectivity index (χ2n) is 8.11. The third kappa shape index (κ3) is 4.38. The van der Waals surface area contributed by atoms with E-state index in [1.54, 1.807) is 30.1 Å². The minimum atomic E-state index is -0.571. The van der Waals surface area contributed by atoms with Crippen molar-refractivity contribution in [1.29, 1.82) is 5.26 Å². The Morgan fingerprint density at radius 3 is 2.68 bits per heavy atom. The molecule has 34 heavy (non-hydrogen) atoms. The Labute approximate surface area is 216 Å². The van der Waals surface area contributed by atoms with Crippen molar-refractivity contribution in [2.45, 2.75) is 31.8 Å². The van der Waals surface area contributed by atoms with Crippen molar-refractivity contribution in [1.82, 2.24) is 4.90 Å². The summed E-state index contributed by atoms with van der Waals surface area (Å²) in [4.78, 5) is 14.8. The molecule has 0 radical (unpaired) electrons. The lowest BCUT2D eigenvalue weighted by atomic mass is 9.76. The lowest BCUT2D eigenvalue weighted by molar-refractivity contribution is -0.116. The molecule has 2 aromatic rings. The van der Waals surface area contributed by atoms with Gasteiger partial charge in [0.1, 0.15) is 12.4 Å². The van der Waals surface area contributed by atoms with Gasteiger partial charge in [0, 0.05) is 24.7 Å². The number of halogens is 3. The number of carbonyl (C=O) groups is 1. The summed E-state index contributed by atoms with van der Waals surface area (Å²) in [6, 6.07) is 11.2. The lowest BCUT2D eigenvalue weighted by Gasteiger charge is -2.37. The molecule has 4 rings (SSSR count). The van der Waals surface area contributed by atoms with Crippen LogP contribution in [0.25, 0.3) is 0 Å². The number of rotatable bonds is 5. The van der Waals surface area contributed by atoms with Crippen molar-refractivity contribution in [2.75, 3.05) is 14.2 Å². The van der Waals surface area contributed by atoms with Crippen LogP contribution in [0.15, 0.2) is 57.5 Å². The molecule has 2 N–H and O–H groups in total. The number of nitrogens with zero attached hydrogens (tertiary/aromatic N) is 2. The third-order valence-electron chi connectivity index (χ3n) is 6.12. The van der Waals surface area contributed by atoms with Gasteiger partial charge >= 0.3 is 0 Å². The number of nitrogens with two attached hydrogens (primary N) is 1. The maximum absolute atomic E-state index is 13.0. The molecule has 9 heteroatoms. The van der Waals surface area contributed by atoms with E-state index in [-0.39, 0.29) is 12.4 Å². The van der Waals surface area contributed by atoms with E-state index < -0.39 is 5.92 Å². The first-order valence-corrected chi connectivity index (χ1v) is 12.2. The van der Waals surface area contributed by atoms with Crippen molar-refractivity contribution >= 4 is 44.9 Å². The molecule has 1 aliphatic heterocycles. The first kappa shape index (κ1) is 24.5. The molecular formula is C25H22BrCl2N3O3. The van der Waals surface area contributed by atoms with Crippen molar-refractivity contribution in [3.63, 3.8) is 0 Å². The van der Waals surface area contributed by atoms with E-state index in [9.17, 15) is 10.1 Å². The number of methoxy groups -OCH3 is 1. The second-order valence-corrected chi connectivity index (χ2v) is 9.78. The van der Waals surface area contributed by atoms with Gasteiger partial charge in [-0.3, -0.25) is 4.79 Å². The number of carbonyl (C=O) groups excluding carboxylic acids is 1. The van der Waals surface area contributed by atoms with Gasteiger partial charge in [0.2, 0.25) is 0 Å². The van der Waals surface area contributed by atoms with Gasteiger partial charge in [0.15, 0.2) is 17.3 Å². The molecule has 1 atom stereocenters. The van der Waals surface area contributed by atoms with E-state index in [2.05, 4.69) is 22.0 Å². The van der Waals surface area contributed by atoms with Crippen molar-refractivity contribution in [3.8, 4) is 17.6 Å². The molecule has 2 aliphatic rings. The fraction of sp³-hybridized carbons (Fsp3) is 0.280. The fourth-order valence-corrected chi connectivity index (χ4v) is 5.32. The predicted octanol–water partition coefficient (Wildman–Crippen LogP) is 6.07. The highest BCUT2D eigenvalue weighted by molar-refractivity contribution is 9.10. The van der Waals surface area contributed by atoms with Crippen LogP contribution in [0.4, 0.5) is 0 Å². The maximum Gasteiger partial charge on any atom is 0.175 e. The molecule has 0 fully saturated rings. The van der Waals surface area contributed by atoms with E-state index in [0.29, 0.717) is 49.4 Å². The standard InChI is InChI=1S/C25H22BrCl2N3O3/c1-31-19-4-3-5-20(32)23(19)22(15(11-29)25(31)30)14-9-16(26)24(21(10-14)33-2)34-12-13-6-7-17(27)18(28)8-13/h6-10,22H,3-5,12,30H2,1-2H3/t22-/m0/s1. The molecule has 1 aliphatic carbocycles. The van der Waals surface area contributed by atoms with Crippen molar-refractivity contribution in [3.05, 3.63) is 78.6 Å². The Bertz CT molecular complexity index is 1280. The third-order valence-corrected chi connectivity index (χ3v) is 7.45.